The maximum Gasteiger partial charge on any atom is 0.412 e. The van der Waals surface area contributed by atoms with Gasteiger partial charge in [0, 0.05) is 6.54 Å². The van der Waals surface area contributed by atoms with Crippen LogP contribution in [0.2, 0.25) is 18.1 Å². The van der Waals surface area contributed by atoms with Gasteiger partial charge in [-0.05, 0) is 64.6 Å². The molecule has 1 N–H and O–H groups in total. The lowest BCUT2D eigenvalue weighted by Crippen LogP contribution is -2.57. The molecule has 0 bridgehead atoms. The lowest BCUT2D eigenvalue weighted by molar-refractivity contribution is -0.136. The molecule has 0 radical (unpaired) electrons. The van der Waals surface area contributed by atoms with Crippen LogP contribution in [0.1, 0.15) is 67.2 Å². The Morgan fingerprint density at radius 1 is 1.31 bits per heavy atom. The van der Waals surface area contributed by atoms with Crippen molar-refractivity contribution in [2.75, 3.05) is 6.54 Å². The Morgan fingerprint density at radius 3 is 2.35 bits per heavy atom. The van der Waals surface area contributed by atoms with Gasteiger partial charge in [0.05, 0.1) is 6.10 Å². The van der Waals surface area contributed by atoms with Crippen LogP contribution >= 0.6 is 0 Å². The molecule has 0 aliphatic carbocycles. The molecule has 1 saturated heterocycles. The lowest BCUT2D eigenvalue weighted by atomic mass is 10.0. The van der Waals surface area contributed by atoms with E-state index in [-0.39, 0.29) is 11.1 Å². The zero-order chi connectivity index (χ0) is 20.4. The summed E-state index contributed by atoms with van der Waals surface area (Å²) in [5.74, 6) is 0. The molecule has 1 aliphatic heterocycles. The van der Waals surface area contributed by atoms with Crippen LogP contribution in [-0.2, 0) is 9.16 Å². The third-order valence-electron chi connectivity index (χ3n) is 5.41. The van der Waals surface area contributed by atoms with Crippen molar-refractivity contribution >= 4 is 14.4 Å². The lowest BCUT2D eigenvalue weighted by Gasteiger charge is -2.44. The molecule has 0 aromatic heterocycles. The molecule has 26 heavy (non-hydrogen) atoms. The minimum absolute atomic E-state index is 0.0361. The zero-order valence-corrected chi connectivity index (χ0v) is 19.0. The zero-order valence-electron chi connectivity index (χ0n) is 18.0. The minimum Gasteiger partial charge on any atom is -0.444 e. The maximum atomic E-state index is 12.7. The second kappa shape index (κ2) is 8.03. The number of unbranched alkanes of at least 4 members (excludes halogenated alkanes) is 1. The van der Waals surface area contributed by atoms with Gasteiger partial charge < -0.3 is 14.3 Å². The van der Waals surface area contributed by atoms with Gasteiger partial charge in [0.2, 0.25) is 0 Å². The predicted octanol–water partition coefficient (Wildman–Crippen LogP) is 5.06. The minimum atomic E-state index is -2.08. The van der Waals surface area contributed by atoms with Crippen molar-refractivity contribution in [3.63, 3.8) is 0 Å². The molecule has 2 atom stereocenters. The van der Waals surface area contributed by atoms with Crippen LogP contribution in [0.15, 0.2) is 12.7 Å². The molecule has 0 aromatic rings. The average Bonchev–Trinajstić information content (AvgIpc) is 2.73. The number of rotatable bonds is 6. The largest absolute Gasteiger partial charge is 0.444 e. The van der Waals surface area contributed by atoms with E-state index in [1.165, 1.54) is 4.90 Å². The number of ether oxygens (including phenoxy) is 1. The highest BCUT2D eigenvalue weighted by Crippen LogP contribution is 2.42. The number of hydrogen-bond acceptors (Lipinski definition) is 4. The Hall–Kier alpha value is -0.853. The predicted molar refractivity (Wildman–Crippen MR) is 109 cm³/mol. The second-order valence-corrected chi connectivity index (χ2v) is 14.6. The van der Waals surface area contributed by atoms with Gasteiger partial charge in [-0.1, -0.05) is 26.8 Å². The number of nitrogens with zero attached hydrogens (tertiary/aromatic N) is 1. The van der Waals surface area contributed by atoms with Gasteiger partial charge in [0.1, 0.15) is 5.60 Å². The van der Waals surface area contributed by atoms with Crippen molar-refractivity contribution in [1.82, 2.24) is 4.90 Å². The Kier molecular flexibility index (Phi) is 7.16. The van der Waals surface area contributed by atoms with E-state index in [1.54, 1.807) is 0 Å². The molecule has 5 nitrogen and oxygen atoms in total. The topological polar surface area (TPSA) is 59.0 Å². The fourth-order valence-corrected chi connectivity index (χ4v) is 4.27. The summed E-state index contributed by atoms with van der Waals surface area (Å²) < 4.78 is 12.1. The van der Waals surface area contributed by atoms with Crippen molar-refractivity contribution in [2.45, 2.75) is 103 Å². The third kappa shape index (κ3) is 5.57. The maximum absolute atomic E-state index is 12.7. The van der Waals surface area contributed by atoms with Crippen molar-refractivity contribution in [2.24, 2.45) is 0 Å². The van der Waals surface area contributed by atoms with Crippen LogP contribution in [0.25, 0.3) is 0 Å². The highest BCUT2D eigenvalue weighted by molar-refractivity contribution is 6.74. The second-order valence-electron chi connectivity index (χ2n) is 9.85. The summed E-state index contributed by atoms with van der Waals surface area (Å²) in [5, 5.41) is 11.6. The van der Waals surface area contributed by atoms with Gasteiger partial charge in [-0.3, -0.25) is 4.90 Å². The van der Waals surface area contributed by atoms with Crippen LogP contribution < -0.4 is 0 Å². The van der Waals surface area contributed by atoms with E-state index >= 15 is 0 Å². The molecule has 1 fully saturated rings. The molecule has 1 amide bonds. The van der Waals surface area contributed by atoms with Gasteiger partial charge in [-0.25, -0.2) is 4.79 Å². The molecule has 1 heterocycles. The number of carbonyl (C=O) groups is 1. The standard InChI is InChI=1S/C20H39NO4Si/c1-10-11-12-14-20(23)16(25-26(8,9)19(5,6)7)13-15-21(20)17(22)24-18(2,3)4/h10,16,23H,1,11-15H2,2-9H3/t16-,20-/m1/s1. The number of hydrogen-bond donors (Lipinski definition) is 1. The third-order valence-corrected chi connectivity index (χ3v) is 9.89. The molecule has 152 valence electrons. The molecule has 6 heteroatoms. The summed E-state index contributed by atoms with van der Waals surface area (Å²) in [6.07, 6.45) is 3.59. The number of allylic oxidation sites excluding steroid dienone is 1. The first kappa shape index (κ1) is 23.2. The summed E-state index contributed by atoms with van der Waals surface area (Å²) in [6.45, 7) is 20.6. The number of likely N-dealkylation sites (tertiary alicyclic amines) is 1. The Balaban J connectivity index is 3.07. The first-order chi connectivity index (χ1) is 11.6. The fourth-order valence-electron chi connectivity index (χ4n) is 2.90. The summed E-state index contributed by atoms with van der Waals surface area (Å²) >= 11 is 0. The van der Waals surface area contributed by atoms with Crippen LogP contribution in [0, 0.1) is 0 Å². The molecule has 0 spiro atoms. The van der Waals surface area contributed by atoms with Crippen LogP contribution in [-0.4, -0.2) is 48.4 Å². The van der Waals surface area contributed by atoms with Crippen LogP contribution in [0.3, 0.4) is 0 Å². The van der Waals surface area contributed by atoms with E-state index in [2.05, 4.69) is 40.4 Å². The molecule has 1 rings (SSSR count). The summed E-state index contributed by atoms with van der Waals surface area (Å²) in [6, 6.07) is 0. The van der Waals surface area contributed by atoms with E-state index < -0.39 is 25.7 Å². The van der Waals surface area contributed by atoms with Crippen LogP contribution in [0.4, 0.5) is 4.79 Å². The average molecular weight is 386 g/mol. The SMILES string of the molecule is C=CCCC[C@@]1(O)[C@H](O[Si](C)(C)C(C)(C)C)CCN1C(=O)OC(C)(C)C. The normalized spacial score (nSPS) is 24.7. The first-order valence-corrected chi connectivity index (χ1v) is 12.6. The Labute approximate surface area is 160 Å². The summed E-state index contributed by atoms with van der Waals surface area (Å²) in [4.78, 5) is 14.2. The van der Waals surface area contributed by atoms with Crippen molar-refractivity contribution in [3.8, 4) is 0 Å². The molecular weight excluding hydrogens is 346 g/mol. The van der Waals surface area contributed by atoms with Crippen molar-refractivity contribution in [1.29, 1.82) is 0 Å². The molecular formula is C20H39NO4Si. The van der Waals surface area contributed by atoms with Gasteiger partial charge in [0.15, 0.2) is 14.0 Å². The number of carbonyl (C=O) groups excluding carboxylic acids is 1. The fraction of sp³-hybridized carbons (Fsp3) is 0.850. The number of amides is 1. The Bertz CT molecular complexity index is 507. The monoisotopic (exact) mass is 385 g/mol. The van der Waals surface area contributed by atoms with Gasteiger partial charge in [0.25, 0.3) is 0 Å². The first-order valence-electron chi connectivity index (χ1n) is 9.66. The molecule has 0 unspecified atom stereocenters. The van der Waals surface area contributed by atoms with Crippen LogP contribution in [0.5, 0.6) is 0 Å². The van der Waals surface area contributed by atoms with E-state index in [9.17, 15) is 9.90 Å². The van der Waals surface area contributed by atoms with Crippen molar-refractivity contribution in [3.05, 3.63) is 12.7 Å². The highest BCUT2D eigenvalue weighted by Gasteiger charge is 2.54. The van der Waals surface area contributed by atoms with Gasteiger partial charge in [-0.15, -0.1) is 6.58 Å². The molecule has 0 aromatic carbocycles. The summed E-state index contributed by atoms with van der Waals surface area (Å²) in [5.41, 5.74) is -1.93. The van der Waals surface area contributed by atoms with Gasteiger partial charge in [-0.2, -0.15) is 0 Å². The molecule has 0 saturated carbocycles. The molecule has 1 aliphatic rings. The van der Waals surface area contributed by atoms with Crippen molar-refractivity contribution < 1.29 is 19.1 Å². The van der Waals surface area contributed by atoms with E-state index in [0.29, 0.717) is 19.4 Å². The van der Waals surface area contributed by atoms with E-state index in [0.717, 1.165) is 12.8 Å². The van der Waals surface area contributed by atoms with E-state index in [1.807, 2.05) is 26.8 Å². The highest BCUT2D eigenvalue weighted by atomic mass is 28.4. The van der Waals surface area contributed by atoms with Gasteiger partial charge >= 0.3 is 6.09 Å². The number of aliphatic hydroxyl groups is 1. The van der Waals surface area contributed by atoms with E-state index in [4.69, 9.17) is 9.16 Å². The smallest absolute Gasteiger partial charge is 0.412 e. The summed E-state index contributed by atoms with van der Waals surface area (Å²) in [7, 11) is -2.08. The Morgan fingerprint density at radius 2 is 1.88 bits per heavy atom. The quantitative estimate of drug-likeness (QED) is 0.394.